The summed E-state index contributed by atoms with van der Waals surface area (Å²) in [6, 6.07) is 9.23. The van der Waals surface area contributed by atoms with Gasteiger partial charge in [-0.2, -0.15) is 0 Å². The van der Waals surface area contributed by atoms with Crippen LogP contribution >= 0.6 is 0 Å². The number of carbonyl (C=O) groups is 2. The van der Waals surface area contributed by atoms with Gasteiger partial charge in [0.15, 0.2) is 0 Å². The van der Waals surface area contributed by atoms with E-state index in [1.807, 2.05) is 31.2 Å². The van der Waals surface area contributed by atoms with Gasteiger partial charge in [0, 0.05) is 31.7 Å². The van der Waals surface area contributed by atoms with Gasteiger partial charge in [0.05, 0.1) is 11.8 Å². The molecule has 1 fully saturated rings. The van der Waals surface area contributed by atoms with Gasteiger partial charge >= 0.3 is 0 Å². The monoisotopic (exact) mass is 298 g/mol. The molecule has 0 saturated carbocycles. The van der Waals surface area contributed by atoms with Crippen LogP contribution in [-0.4, -0.2) is 47.8 Å². The Hall–Kier alpha value is -2.56. The first-order chi connectivity index (χ1) is 10.6. The zero-order valence-electron chi connectivity index (χ0n) is 12.5. The molecule has 22 heavy (non-hydrogen) atoms. The summed E-state index contributed by atoms with van der Waals surface area (Å²) in [6.45, 7) is 4.18. The van der Waals surface area contributed by atoms with E-state index < -0.39 is 0 Å². The highest BCUT2D eigenvalue weighted by Crippen LogP contribution is 2.12. The molecule has 3 rings (SSSR count). The summed E-state index contributed by atoms with van der Waals surface area (Å²) in [5.41, 5.74) is 2.38. The lowest BCUT2D eigenvalue weighted by molar-refractivity contribution is 0.0535. The molecule has 0 N–H and O–H groups in total. The quantitative estimate of drug-likeness (QED) is 0.854. The summed E-state index contributed by atoms with van der Waals surface area (Å²) in [5.74, 6) is -0.0217. The predicted molar refractivity (Wildman–Crippen MR) is 81.7 cm³/mol. The van der Waals surface area contributed by atoms with E-state index in [9.17, 15) is 9.59 Å². The van der Waals surface area contributed by atoms with Crippen LogP contribution in [0.25, 0.3) is 0 Å². The molecule has 1 aliphatic rings. The number of nitrogens with zero attached hydrogens (tertiary/aromatic N) is 2. The highest BCUT2D eigenvalue weighted by Gasteiger charge is 2.25. The maximum Gasteiger partial charge on any atom is 0.257 e. The van der Waals surface area contributed by atoms with E-state index >= 15 is 0 Å². The lowest BCUT2D eigenvalue weighted by Gasteiger charge is -2.34. The van der Waals surface area contributed by atoms with Gasteiger partial charge in [0.1, 0.15) is 6.26 Å². The van der Waals surface area contributed by atoms with Crippen LogP contribution < -0.4 is 0 Å². The second kappa shape index (κ2) is 6.05. The second-order valence-electron chi connectivity index (χ2n) is 5.46. The van der Waals surface area contributed by atoms with Crippen LogP contribution in [0.3, 0.4) is 0 Å². The van der Waals surface area contributed by atoms with Crippen molar-refractivity contribution in [2.75, 3.05) is 26.2 Å². The van der Waals surface area contributed by atoms with E-state index in [0.29, 0.717) is 37.3 Å². The molecule has 0 spiro atoms. The molecule has 2 amide bonds. The molecule has 2 heterocycles. The van der Waals surface area contributed by atoms with Crippen molar-refractivity contribution in [2.24, 2.45) is 0 Å². The lowest BCUT2D eigenvalue weighted by Crippen LogP contribution is -2.50. The molecule has 1 aliphatic heterocycles. The number of aryl methyl sites for hydroxylation is 1. The summed E-state index contributed by atoms with van der Waals surface area (Å²) >= 11 is 0. The maximum absolute atomic E-state index is 12.4. The summed E-state index contributed by atoms with van der Waals surface area (Å²) in [7, 11) is 0. The molecule has 5 nitrogen and oxygen atoms in total. The van der Waals surface area contributed by atoms with Gasteiger partial charge in [-0.3, -0.25) is 9.59 Å². The normalized spacial score (nSPS) is 15.0. The first-order valence-electron chi connectivity index (χ1n) is 7.32. The number of piperazine rings is 1. The minimum Gasteiger partial charge on any atom is -0.472 e. The van der Waals surface area contributed by atoms with Crippen LogP contribution in [0.4, 0.5) is 0 Å². The van der Waals surface area contributed by atoms with Crippen LogP contribution in [-0.2, 0) is 0 Å². The first kappa shape index (κ1) is 14.4. The van der Waals surface area contributed by atoms with Gasteiger partial charge in [-0.1, -0.05) is 17.7 Å². The number of rotatable bonds is 2. The topological polar surface area (TPSA) is 53.8 Å². The van der Waals surface area contributed by atoms with E-state index in [-0.39, 0.29) is 11.8 Å². The summed E-state index contributed by atoms with van der Waals surface area (Å²) in [6.07, 6.45) is 2.94. The zero-order valence-corrected chi connectivity index (χ0v) is 12.5. The fraction of sp³-hybridized carbons (Fsp3) is 0.294. The van der Waals surface area contributed by atoms with Crippen molar-refractivity contribution in [3.05, 3.63) is 59.5 Å². The van der Waals surface area contributed by atoms with Crippen molar-refractivity contribution in [3.63, 3.8) is 0 Å². The van der Waals surface area contributed by atoms with Crippen LogP contribution in [0, 0.1) is 6.92 Å². The van der Waals surface area contributed by atoms with E-state index in [1.54, 1.807) is 15.9 Å². The number of amides is 2. The van der Waals surface area contributed by atoms with E-state index in [4.69, 9.17) is 4.42 Å². The zero-order chi connectivity index (χ0) is 15.5. The predicted octanol–water partition coefficient (Wildman–Crippen LogP) is 2.19. The Bertz CT molecular complexity index is 654. The maximum atomic E-state index is 12.4. The Labute approximate surface area is 129 Å². The molecule has 1 aromatic heterocycles. The molecule has 1 saturated heterocycles. The van der Waals surface area contributed by atoms with Crippen molar-refractivity contribution in [1.29, 1.82) is 0 Å². The van der Waals surface area contributed by atoms with E-state index in [1.165, 1.54) is 12.5 Å². The van der Waals surface area contributed by atoms with Gasteiger partial charge < -0.3 is 14.2 Å². The van der Waals surface area contributed by atoms with Gasteiger partial charge in [-0.25, -0.2) is 0 Å². The van der Waals surface area contributed by atoms with Crippen molar-refractivity contribution in [3.8, 4) is 0 Å². The van der Waals surface area contributed by atoms with Crippen LogP contribution in [0.1, 0.15) is 26.3 Å². The molecule has 2 aromatic rings. The van der Waals surface area contributed by atoms with E-state index in [0.717, 1.165) is 5.56 Å². The molecule has 0 unspecified atom stereocenters. The summed E-state index contributed by atoms with van der Waals surface area (Å²) in [4.78, 5) is 28.2. The third kappa shape index (κ3) is 2.88. The molecule has 1 aromatic carbocycles. The number of hydrogen-bond donors (Lipinski definition) is 0. The number of furan rings is 1. The number of benzene rings is 1. The van der Waals surface area contributed by atoms with Crippen LogP contribution in [0.15, 0.2) is 47.3 Å². The smallest absolute Gasteiger partial charge is 0.257 e. The fourth-order valence-corrected chi connectivity index (χ4v) is 2.56. The third-order valence-corrected chi connectivity index (χ3v) is 3.92. The summed E-state index contributed by atoms with van der Waals surface area (Å²) in [5, 5.41) is 0. The largest absolute Gasteiger partial charge is 0.472 e. The minimum atomic E-state index is -0.0452. The summed E-state index contributed by atoms with van der Waals surface area (Å²) < 4.78 is 4.94. The highest BCUT2D eigenvalue weighted by molar-refractivity contribution is 5.95. The minimum absolute atomic E-state index is 0.0235. The molecular formula is C17H18N2O3. The van der Waals surface area contributed by atoms with Gasteiger partial charge in [-0.05, 0) is 25.1 Å². The number of hydrogen-bond acceptors (Lipinski definition) is 3. The van der Waals surface area contributed by atoms with Crippen LogP contribution in [0.5, 0.6) is 0 Å². The molecule has 5 heteroatoms. The Balaban J connectivity index is 1.60. The lowest BCUT2D eigenvalue weighted by atomic mass is 10.1. The van der Waals surface area contributed by atoms with Crippen LogP contribution in [0.2, 0.25) is 0 Å². The third-order valence-electron chi connectivity index (χ3n) is 3.92. The average Bonchev–Trinajstić information content (AvgIpc) is 3.09. The number of carbonyl (C=O) groups excluding carboxylic acids is 2. The van der Waals surface area contributed by atoms with Crippen molar-refractivity contribution in [1.82, 2.24) is 9.80 Å². The first-order valence-corrected chi connectivity index (χ1v) is 7.32. The Morgan fingerprint density at radius 2 is 1.41 bits per heavy atom. The molecule has 0 atom stereocenters. The SMILES string of the molecule is Cc1ccc(C(=O)N2CCN(C(=O)c3ccoc3)CC2)cc1. The molecule has 0 radical (unpaired) electrons. The van der Waals surface area contributed by atoms with Crippen molar-refractivity contribution in [2.45, 2.75) is 6.92 Å². The van der Waals surface area contributed by atoms with E-state index in [2.05, 4.69) is 0 Å². The molecule has 114 valence electrons. The molecule has 0 bridgehead atoms. The fourth-order valence-electron chi connectivity index (χ4n) is 2.56. The standard InChI is InChI=1S/C17H18N2O3/c1-13-2-4-14(5-3-13)16(20)18-7-9-19(10-8-18)17(21)15-6-11-22-12-15/h2-6,11-12H,7-10H2,1H3. The second-order valence-corrected chi connectivity index (χ2v) is 5.46. The highest BCUT2D eigenvalue weighted by atomic mass is 16.3. The van der Waals surface area contributed by atoms with Crippen molar-refractivity contribution < 1.29 is 14.0 Å². The Morgan fingerprint density at radius 1 is 0.864 bits per heavy atom. The Morgan fingerprint density at radius 3 is 1.91 bits per heavy atom. The average molecular weight is 298 g/mol. The van der Waals surface area contributed by atoms with Gasteiger partial charge in [0.2, 0.25) is 0 Å². The van der Waals surface area contributed by atoms with Gasteiger partial charge in [0.25, 0.3) is 11.8 Å². The van der Waals surface area contributed by atoms with Crippen molar-refractivity contribution >= 4 is 11.8 Å². The van der Waals surface area contributed by atoms with Gasteiger partial charge in [-0.15, -0.1) is 0 Å². The molecule has 0 aliphatic carbocycles. The molecular weight excluding hydrogens is 280 g/mol. The Kier molecular flexibility index (Phi) is 3.96.